The molecule has 1 amide bonds. The molecular weight excluding hydrogens is 292 g/mol. The monoisotopic (exact) mass is 316 g/mol. The molecule has 0 unspecified atom stereocenters. The summed E-state index contributed by atoms with van der Waals surface area (Å²) in [7, 11) is -3.17. The highest BCUT2D eigenvalue weighted by atomic mass is 32.2. The van der Waals surface area contributed by atoms with Gasteiger partial charge in [-0.2, -0.15) is 4.31 Å². The summed E-state index contributed by atoms with van der Waals surface area (Å²) in [5.74, 6) is 0.192. The van der Waals surface area contributed by atoms with Crippen LogP contribution in [0.4, 0.5) is 0 Å². The first-order valence-corrected chi connectivity index (χ1v) is 9.30. The highest BCUT2D eigenvalue weighted by molar-refractivity contribution is 7.90. The van der Waals surface area contributed by atoms with E-state index in [2.05, 4.69) is 5.32 Å². The maximum atomic E-state index is 12.3. The molecule has 1 N–H and O–H groups in total. The minimum Gasteiger partial charge on any atom is -0.371 e. The maximum absolute atomic E-state index is 12.3. The number of rotatable bonds is 5. The number of carbonyl (C=O) groups excluding carboxylic acids is 1. The van der Waals surface area contributed by atoms with Crippen molar-refractivity contribution in [2.45, 2.75) is 50.6 Å². The average molecular weight is 316 g/mol. The molecule has 120 valence electrons. The van der Waals surface area contributed by atoms with Crippen LogP contribution in [0.25, 0.3) is 0 Å². The molecule has 2 heterocycles. The number of hydrogen-bond donors (Lipinski definition) is 1. The molecule has 3 aliphatic rings. The number of fused-ring (bicyclic) bond motifs is 2. The van der Waals surface area contributed by atoms with Gasteiger partial charge < -0.3 is 10.1 Å². The van der Waals surface area contributed by atoms with E-state index in [0.717, 1.165) is 12.8 Å². The molecule has 3 atom stereocenters. The average Bonchev–Trinajstić information content (AvgIpc) is 3.23. The van der Waals surface area contributed by atoms with E-state index in [1.54, 1.807) is 4.31 Å². The second-order valence-corrected chi connectivity index (χ2v) is 9.05. The minimum atomic E-state index is -3.17. The first kappa shape index (κ1) is 15.2. The number of sulfonamides is 1. The lowest BCUT2D eigenvalue weighted by Gasteiger charge is -2.32. The highest BCUT2D eigenvalue weighted by Crippen LogP contribution is 2.37. The lowest BCUT2D eigenvalue weighted by atomic mass is 9.99. The van der Waals surface area contributed by atoms with E-state index in [1.807, 2.05) is 13.8 Å². The summed E-state index contributed by atoms with van der Waals surface area (Å²) >= 11 is 0. The Morgan fingerprint density at radius 3 is 2.67 bits per heavy atom. The summed E-state index contributed by atoms with van der Waals surface area (Å²) < 4.78 is 32.0. The van der Waals surface area contributed by atoms with Gasteiger partial charge in [-0.3, -0.25) is 4.79 Å². The summed E-state index contributed by atoms with van der Waals surface area (Å²) in [6.07, 6.45) is 1.75. The van der Waals surface area contributed by atoms with Crippen LogP contribution in [-0.2, 0) is 19.6 Å². The molecule has 0 aromatic rings. The number of hydrogen-bond acceptors (Lipinski definition) is 4. The number of ether oxygens (including phenoxy) is 1. The van der Waals surface area contributed by atoms with Gasteiger partial charge in [0.1, 0.15) is 0 Å². The normalized spacial score (nSPS) is 33.4. The van der Waals surface area contributed by atoms with E-state index >= 15 is 0 Å². The van der Waals surface area contributed by atoms with E-state index in [-0.39, 0.29) is 29.3 Å². The van der Waals surface area contributed by atoms with Gasteiger partial charge in [0.05, 0.1) is 23.4 Å². The van der Waals surface area contributed by atoms with E-state index in [0.29, 0.717) is 32.0 Å². The third-order valence-electron chi connectivity index (χ3n) is 4.45. The van der Waals surface area contributed by atoms with Crippen molar-refractivity contribution in [3.05, 3.63) is 0 Å². The Labute approximate surface area is 126 Å². The van der Waals surface area contributed by atoms with E-state index < -0.39 is 10.0 Å². The molecule has 21 heavy (non-hydrogen) atoms. The Kier molecular flexibility index (Phi) is 4.00. The molecule has 6 nitrogen and oxygen atoms in total. The summed E-state index contributed by atoms with van der Waals surface area (Å²) in [4.78, 5) is 12.2. The zero-order valence-corrected chi connectivity index (χ0v) is 13.4. The number of carbonyl (C=O) groups is 1. The van der Waals surface area contributed by atoms with Crippen molar-refractivity contribution >= 4 is 15.9 Å². The zero-order valence-electron chi connectivity index (χ0n) is 12.6. The van der Waals surface area contributed by atoms with E-state index in [1.165, 1.54) is 0 Å². The fourth-order valence-corrected chi connectivity index (χ4v) is 5.00. The SMILES string of the molecule is CC(C)CNC(=O)[C@@H]1C[C@H]2CN(S(=O)(=O)C3CC3)C[C@@H]1O2. The van der Waals surface area contributed by atoms with Gasteiger partial charge >= 0.3 is 0 Å². The van der Waals surface area contributed by atoms with Gasteiger partial charge in [-0.1, -0.05) is 13.8 Å². The summed E-state index contributed by atoms with van der Waals surface area (Å²) in [5.41, 5.74) is 0. The van der Waals surface area contributed by atoms with Crippen molar-refractivity contribution in [1.29, 1.82) is 0 Å². The Morgan fingerprint density at radius 1 is 1.33 bits per heavy atom. The maximum Gasteiger partial charge on any atom is 0.225 e. The van der Waals surface area contributed by atoms with Crippen LogP contribution in [0.3, 0.4) is 0 Å². The van der Waals surface area contributed by atoms with Gasteiger partial charge in [-0.25, -0.2) is 8.42 Å². The lowest BCUT2D eigenvalue weighted by molar-refractivity contribution is -0.127. The molecule has 3 rings (SSSR count). The molecule has 0 aromatic carbocycles. The van der Waals surface area contributed by atoms with Crippen LogP contribution < -0.4 is 5.32 Å². The third-order valence-corrected chi connectivity index (χ3v) is 6.78. The molecule has 0 radical (unpaired) electrons. The van der Waals surface area contributed by atoms with E-state index in [9.17, 15) is 13.2 Å². The molecule has 0 spiro atoms. The number of nitrogens with one attached hydrogen (secondary N) is 1. The van der Waals surface area contributed by atoms with Crippen molar-refractivity contribution in [3.8, 4) is 0 Å². The molecule has 3 fully saturated rings. The number of nitrogens with zero attached hydrogens (tertiary/aromatic N) is 1. The molecule has 2 aliphatic heterocycles. The second-order valence-electron chi connectivity index (χ2n) is 6.84. The predicted molar refractivity (Wildman–Crippen MR) is 78.1 cm³/mol. The Morgan fingerprint density at radius 2 is 2.05 bits per heavy atom. The molecular formula is C14H24N2O4S. The fraction of sp³-hybridized carbons (Fsp3) is 0.929. The second kappa shape index (κ2) is 5.52. The highest BCUT2D eigenvalue weighted by Gasteiger charge is 2.50. The predicted octanol–water partition coefficient (Wildman–Crippen LogP) is 0.340. The van der Waals surface area contributed by atoms with Crippen LogP contribution in [0.2, 0.25) is 0 Å². The first-order chi connectivity index (χ1) is 9.88. The van der Waals surface area contributed by atoms with Crippen molar-refractivity contribution in [2.75, 3.05) is 19.6 Å². The molecule has 7 heteroatoms. The van der Waals surface area contributed by atoms with Crippen LogP contribution >= 0.6 is 0 Å². The van der Waals surface area contributed by atoms with Crippen molar-refractivity contribution in [3.63, 3.8) is 0 Å². The smallest absolute Gasteiger partial charge is 0.225 e. The van der Waals surface area contributed by atoms with E-state index in [4.69, 9.17) is 4.74 Å². The molecule has 2 bridgehead atoms. The van der Waals surface area contributed by atoms with Crippen LogP contribution in [0.1, 0.15) is 33.1 Å². The fourth-order valence-electron chi connectivity index (χ4n) is 3.12. The lowest BCUT2D eigenvalue weighted by Crippen LogP contribution is -2.48. The third kappa shape index (κ3) is 3.10. The van der Waals surface area contributed by atoms with Gasteiger partial charge in [0.2, 0.25) is 15.9 Å². The van der Waals surface area contributed by atoms with Gasteiger partial charge in [-0.15, -0.1) is 0 Å². The summed E-state index contributed by atoms with van der Waals surface area (Å²) in [6.45, 7) is 5.48. The van der Waals surface area contributed by atoms with Gasteiger partial charge in [0.15, 0.2) is 0 Å². The van der Waals surface area contributed by atoms with Gasteiger partial charge in [0, 0.05) is 19.6 Å². The Bertz CT molecular complexity index is 515. The van der Waals surface area contributed by atoms with Gasteiger partial charge in [-0.05, 0) is 25.2 Å². The molecule has 2 saturated heterocycles. The Hall–Kier alpha value is -0.660. The van der Waals surface area contributed by atoms with Gasteiger partial charge in [0.25, 0.3) is 0 Å². The summed E-state index contributed by atoms with van der Waals surface area (Å²) in [6, 6.07) is 0. The van der Waals surface area contributed by atoms with Crippen LogP contribution in [0, 0.1) is 11.8 Å². The number of morpholine rings is 1. The number of amides is 1. The molecule has 1 aliphatic carbocycles. The minimum absolute atomic E-state index is 0.00173. The Balaban J connectivity index is 1.63. The quantitative estimate of drug-likeness (QED) is 0.793. The van der Waals surface area contributed by atoms with Crippen molar-refractivity contribution in [1.82, 2.24) is 9.62 Å². The van der Waals surface area contributed by atoms with Crippen LogP contribution in [-0.4, -0.2) is 55.7 Å². The largest absolute Gasteiger partial charge is 0.371 e. The molecule has 0 aromatic heterocycles. The molecule has 1 saturated carbocycles. The van der Waals surface area contributed by atoms with Crippen LogP contribution in [0.5, 0.6) is 0 Å². The zero-order chi connectivity index (χ0) is 15.2. The van der Waals surface area contributed by atoms with Crippen molar-refractivity contribution in [2.24, 2.45) is 11.8 Å². The van der Waals surface area contributed by atoms with Crippen LogP contribution in [0.15, 0.2) is 0 Å². The topological polar surface area (TPSA) is 75.7 Å². The van der Waals surface area contributed by atoms with Crippen molar-refractivity contribution < 1.29 is 17.9 Å². The standard InChI is InChI=1S/C14H24N2O4S/c1-9(2)6-15-14(17)12-5-10-7-16(8-13(12)20-10)21(18,19)11-3-4-11/h9-13H,3-8H2,1-2H3,(H,15,17)/t10-,12+,13-/m0/s1. The first-order valence-electron chi connectivity index (χ1n) is 7.80. The summed E-state index contributed by atoms with van der Waals surface area (Å²) in [5, 5.41) is 2.75.